The van der Waals surface area contributed by atoms with Crippen LogP contribution in [0.5, 0.6) is 5.88 Å². The number of thiazole rings is 1. The van der Waals surface area contributed by atoms with Crippen LogP contribution in [-0.4, -0.2) is 64.8 Å². The van der Waals surface area contributed by atoms with E-state index in [9.17, 15) is 17.6 Å². The molecule has 0 radical (unpaired) electrons. The lowest BCUT2D eigenvalue weighted by molar-refractivity contribution is -0.144. The van der Waals surface area contributed by atoms with Gasteiger partial charge in [-0.3, -0.25) is 9.88 Å². The number of pyridine rings is 1. The van der Waals surface area contributed by atoms with Crippen LogP contribution in [0, 0.1) is 17.1 Å². The molecule has 0 bridgehead atoms. The van der Waals surface area contributed by atoms with Crippen molar-refractivity contribution in [3.8, 4) is 23.3 Å². The van der Waals surface area contributed by atoms with Crippen LogP contribution >= 0.6 is 11.3 Å². The fourth-order valence-electron chi connectivity index (χ4n) is 6.27. The zero-order valence-corrected chi connectivity index (χ0v) is 26.4. The minimum absolute atomic E-state index is 0.00908. The number of rotatable bonds is 9. The fourth-order valence-corrected chi connectivity index (χ4v) is 6.85. The van der Waals surface area contributed by atoms with Gasteiger partial charge in [0.2, 0.25) is 11.7 Å². The van der Waals surface area contributed by atoms with Gasteiger partial charge in [0.15, 0.2) is 5.82 Å². The molecule has 2 atom stereocenters. The van der Waals surface area contributed by atoms with Crippen molar-refractivity contribution in [1.29, 1.82) is 5.26 Å². The van der Waals surface area contributed by atoms with E-state index in [1.165, 1.54) is 17.4 Å². The summed E-state index contributed by atoms with van der Waals surface area (Å²) in [5.41, 5.74) is 4.34. The van der Waals surface area contributed by atoms with Crippen LogP contribution in [-0.2, 0) is 25.9 Å². The molecule has 0 spiro atoms. The van der Waals surface area contributed by atoms with Gasteiger partial charge in [-0.05, 0) is 42.8 Å². The lowest BCUT2D eigenvalue weighted by Crippen LogP contribution is -2.46. The van der Waals surface area contributed by atoms with Crippen LogP contribution in [0.25, 0.3) is 22.4 Å². The maximum atomic E-state index is 14.4. The van der Waals surface area contributed by atoms with Crippen molar-refractivity contribution in [2.75, 3.05) is 18.0 Å². The molecule has 1 saturated heterocycles. The maximum Gasteiger partial charge on any atom is 0.451 e. The third-order valence-electron chi connectivity index (χ3n) is 8.78. The van der Waals surface area contributed by atoms with Crippen LogP contribution in [0.2, 0.25) is 0 Å². The van der Waals surface area contributed by atoms with Crippen molar-refractivity contribution in [2.45, 2.75) is 44.4 Å². The number of alkyl halides is 3. The zero-order chi connectivity index (χ0) is 33.7. The molecule has 5 heterocycles. The summed E-state index contributed by atoms with van der Waals surface area (Å²) >= 11 is 1.52. The molecule has 2 aromatic carbocycles. The number of nitriles is 1. The number of nitrogens with zero attached hydrogens (tertiary/aromatic N) is 9. The van der Waals surface area contributed by atoms with E-state index in [2.05, 4.69) is 34.5 Å². The second kappa shape index (κ2) is 12.2. The van der Waals surface area contributed by atoms with Gasteiger partial charge < -0.3 is 19.2 Å². The molecule has 2 aliphatic rings. The van der Waals surface area contributed by atoms with Gasteiger partial charge in [0.05, 0.1) is 41.3 Å². The van der Waals surface area contributed by atoms with E-state index in [0.717, 1.165) is 47.1 Å². The minimum Gasteiger partial charge on any atom is -0.473 e. The van der Waals surface area contributed by atoms with E-state index in [-0.39, 0.29) is 30.1 Å². The number of piperazine rings is 1. The molecular formula is C33H26F4N10OS. The molecule has 49 heavy (non-hydrogen) atoms. The molecule has 1 aliphatic carbocycles. The second-order valence-electron chi connectivity index (χ2n) is 11.9. The molecule has 6 aromatic rings. The van der Waals surface area contributed by atoms with Crippen molar-refractivity contribution in [2.24, 2.45) is 0 Å². The largest absolute Gasteiger partial charge is 0.473 e. The molecule has 8 rings (SSSR count). The first-order valence-electron chi connectivity index (χ1n) is 15.4. The van der Waals surface area contributed by atoms with E-state index in [0.29, 0.717) is 30.1 Å². The average Bonchev–Trinajstić information content (AvgIpc) is 3.40. The molecule has 2 fully saturated rings. The maximum absolute atomic E-state index is 14.4. The number of nitrogens with one attached hydrogen (secondary N) is 1. The van der Waals surface area contributed by atoms with Crippen molar-refractivity contribution >= 4 is 28.2 Å². The predicted molar refractivity (Wildman–Crippen MR) is 171 cm³/mol. The Balaban J connectivity index is 0.992. The summed E-state index contributed by atoms with van der Waals surface area (Å²) in [6.45, 7) is 2.59. The Morgan fingerprint density at radius 1 is 1.02 bits per heavy atom. The highest BCUT2D eigenvalue weighted by Gasteiger charge is 2.49. The Kier molecular flexibility index (Phi) is 7.72. The first-order chi connectivity index (χ1) is 23.7. The van der Waals surface area contributed by atoms with Gasteiger partial charge in [0, 0.05) is 53.4 Å². The number of hydrogen-bond donors (Lipinski definition) is 1. The Bertz CT molecular complexity index is 2190. The molecule has 16 heteroatoms. The van der Waals surface area contributed by atoms with Gasteiger partial charge in [0.25, 0.3) is 0 Å². The van der Waals surface area contributed by atoms with Gasteiger partial charge in [-0.1, -0.05) is 12.1 Å². The van der Waals surface area contributed by atoms with E-state index in [4.69, 9.17) is 20.0 Å². The van der Waals surface area contributed by atoms with E-state index in [1.54, 1.807) is 48.1 Å². The van der Waals surface area contributed by atoms with Crippen molar-refractivity contribution in [3.05, 3.63) is 99.8 Å². The number of halogens is 4. The molecule has 2 unspecified atom stereocenters. The van der Waals surface area contributed by atoms with Gasteiger partial charge >= 0.3 is 6.18 Å². The molecule has 0 amide bonds. The van der Waals surface area contributed by atoms with Gasteiger partial charge in [-0.25, -0.2) is 9.37 Å². The normalized spacial score (nSPS) is 17.7. The smallest absolute Gasteiger partial charge is 0.451 e. The number of fused-ring (bicyclic) bond motifs is 2. The van der Waals surface area contributed by atoms with Crippen LogP contribution in [0.1, 0.15) is 34.1 Å². The molecular weight excluding hydrogens is 660 g/mol. The fraction of sp³-hybridized carbons (Fsp3) is 0.273. The highest BCUT2D eigenvalue weighted by Crippen LogP contribution is 2.40. The summed E-state index contributed by atoms with van der Waals surface area (Å²) in [6, 6.07) is 17.6. The first-order valence-corrected chi connectivity index (χ1v) is 16.3. The lowest BCUT2D eigenvalue weighted by Gasteiger charge is -2.34. The van der Waals surface area contributed by atoms with E-state index < -0.39 is 17.8 Å². The quantitative estimate of drug-likeness (QED) is 0.188. The predicted octanol–water partition coefficient (Wildman–Crippen LogP) is 5.79. The highest BCUT2D eigenvalue weighted by molar-refractivity contribution is 7.09. The molecule has 248 valence electrons. The standard InChI is InChI=1S/C33H26F4N10OS/c34-23-10-19(13-38)4-5-21(23)17-48-30-3-1-2-28(41-30)46-9-8-45(26-12-27(26)46)16-29-40-24-7-6-20(31-42-32(44-43-31)33(35,36)37)11-25(24)47(29)15-22-14-39-18-49-22/h1-7,10-11,14,18,26-27H,8-9,12,15-17H2,(H,42,43,44). The third kappa shape index (κ3) is 6.18. The first kappa shape index (κ1) is 30.9. The third-order valence-corrected chi connectivity index (χ3v) is 9.54. The SMILES string of the molecule is N#Cc1ccc(COc2cccc(N3CCN(Cc4nc5ccc(-c6nnc(C(F)(F)F)[nH]6)cc5n4Cc4cncs4)C4CC43)n2)c(F)c1. The summed E-state index contributed by atoms with van der Waals surface area (Å²) in [5, 5.41) is 16.0. The van der Waals surface area contributed by atoms with Gasteiger partial charge in [-0.15, -0.1) is 21.5 Å². The second-order valence-corrected chi connectivity index (χ2v) is 12.9. The average molecular weight is 687 g/mol. The number of H-pyrrole nitrogens is 1. The zero-order valence-electron chi connectivity index (χ0n) is 25.6. The molecule has 1 saturated carbocycles. The van der Waals surface area contributed by atoms with Crippen LogP contribution in [0.3, 0.4) is 0 Å². The lowest BCUT2D eigenvalue weighted by atomic mass is 10.1. The minimum atomic E-state index is -4.62. The van der Waals surface area contributed by atoms with Gasteiger partial charge in [0.1, 0.15) is 24.1 Å². The number of benzene rings is 2. The number of aromatic amines is 1. The molecule has 4 aromatic heterocycles. The van der Waals surface area contributed by atoms with E-state index in [1.807, 2.05) is 18.2 Å². The van der Waals surface area contributed by atoms with Crippen molar-refractivity contribution in [1.82, 2.24) is 39.6 Å². The highest BCUT2D eigenvalue weighted by atomic mass is 32.1. The number of imidazole rings is 1. The van der Waals surface area contributed by atoms with Crippen LogP contribution in [0.4, 0.5) is 23.4 Å². The molecule has 1 N–H and O–H groups in total. The molecule has 11 nitrogen and oxygen atoms in total. The Hall–Kier alpha value is -5.40. The summed E-state index contributed by atoms with van der Waals surface area (Å²) in [5.74, 6) is 0.405. The summed E-state index contributed by atoms with van der Waals surface area (Å²) < 4.78 is 61.8. The number of anilines is 1. The summed E-state index contributed by atoms with van der Waals surface area (Å²) in [4.78, 5) is 21.9. The number of ether oxygens (including phenoxy) is 1. The van der Waals surface area contributed by atoms with Crippen molar-refractivity contribution in [3.63, 3.8) is 0 Å². The monoisotopic (exact) mass is 686 g/mol. The topological polar surface area (TPSA) is 125 Å². The number of hydrogen-bond acceptors (Lipinski definition) is 10. The number of aromatic nitrogens is 7. The van der Waals surface area contributed by atoms with Crippen molar-refractivity contribution < 1.29 is 22.3 Å². The van der Waals surface area contributed by atoms with E-state index >= 15 is 0 Å². The summed E-state index contributed by atoms with van der Waals surface area (Å²) in [7, 11) is 0. The Morgan fingerprint density at radius 2 is 1.92 bits per heavy atom. The Labute approximate surface area is 280 Å². The summed E-state index contributed by atoms with van der Waals surface area (Å²) in [6.07, 6.45) is -1.87. The van der Waals surface area contributed by atoms with Crippen LogP contribution in [0.15, 0.2) is 66.3 Å². The molecule has 1 aliphatic heterocycles. The Morgan fingerprint density at radius 3 is 2.69 bits per heavy atom. The van der Waals surface area contributed by atoms with Gasteiger partial charge in [-0.2, -0.15) is 23.4 Å². The van der Waals surface area contributed by atoms with Crippen LogP contribution < -0.4 is 9.64 Å².